The number of anilines is 3. The van der Waals surface area contributed by atoms with Gasteiger partial charge in [-0.15, -0.1) is 11.3 Å². The number of aryl methyl sites for hydroxylation is 2. The molecular formula is C20H21N5O2S2. The van der Waals surface area contributed by atoms with Crippen LogP contribution in [-0.4, -0.2) is 33.6 Å². The predicted molar refractivity (Wildman–Crippen MR) is 119 cm³/mol. The van der Waals surface area contributed by atoms with Gasteiger partial charge in [0.15, 0.2) is 5.16 Å². The fourth-order valence-corrected chi connectivity index (χ4v) is 5.29. The van der Waals surface area contributed by atoms with E-state index in [9.17, 15) is 9.59 Å². The quantitative estimate of drug-likeness (QED) is 0.488. The van der Waals surface area contributed by atoms with Gasteiger partial charge in [-0.3, -0.25) is 9.59 Å². The van der Waals surface area contributed by atoms with Crippen LogP contribution in [0.5, 0.6) is 0 Å². The lowest BCUT2D eigenvalue weighted by molar-refractivity contribution is -0.117. The molecule has 0 spiro atoms. The topological polar surface area (TPSA) is 101 Å². The van der Waals surface area contributed by atoms with Crippen molar-refractivity contribution in [2.45, 2.75) is 38.4 Å². The summed E-state index contributed by atoms with van der Waals surface area (Å²) in [7, 11) is 0. The van der Waals surface area contributed by atoms with E-state index in [1.807, 2.05) is 39.0 Å². The number of hydrogen-bond acceptors (Lipinski definition) is 7. The lowest BCUT2D eigenvalue weighted by Crippen LogP contribution is -2.40. The zero-order valence-corrected chi connectivity index (χ0v) is 18.0. The summed E-state index contributed by atoms with van der Waals surface area (Å²) in [5, 5.41) is 4.24. The van der Waals surface area contributed by atoms with Crippen LogP contribution in [0.25, 0.3) is 10.2 Å². The minimum Gasteiger partial charge on any atom is -0.383 e. The van der Waals surface area contributed by atoms with Crippen molar-refractivity contribution in [1.82, 2.24) is 9.97 Å². The minimum absolute atomic E-state index is 0.0992. The maximum Gasteiger partial charge on any atom is 0.237 e. The van der Waals surface area contributed by atoms with Gasteiger partial charge in [0.25, 0.3) is 0 Å². The number of rotatable bonds is 3. The van der Waals surface area contributed by atoms with Crippen LogP contribution in [0.4, 0.5) is 17.2 Å². The molecule has 0 saturated heterocycles. The monoisotopic (exact) mass is 427 g/mol. The second kappa shape index (κ2) is 7.64. The van der Waals surface area contributed by atoms with Gasteiger partial charge in [0.1, 0.15) is 10.6 Å². The largest absolute Gasteiger partial charge is 0.383 e. The van der Waals surface area contributed by atoms with Gasteiger partial charge in [0.05, 0.1) is 22.5 Å². The Morgan fingerprint density at radius 1 is 1.34 bits per heavy atom. The van der Waals surface area contributed by atoms with Crippen molar-refractivity contribution in [3.8, 4) is 0 Å². The van der Waals surface area contributed by atoms with E-state index >= 15 is 0 Å². The normalized spacial score (nSPS) is 16.4. The molecule has 1 aliphatic heterocycles. The molecule has 2 amide bonds. The summed E-state index contributed by atoms with van der Waals surface area (Å²) in [5.74, 6) is 0.390. The number of thiophene rings is 1. The Bertz CT molecular complexity index is 1130. The molecule has 1 atom stereocenters. The summed E-state index contributed by atoms with van der Waals surface area (Å²) in [4.78, 5) is 37.8. The van der Waals surface area contributed by atoms with E-state index in [-0.39, 0.29) is 30.0 Å². The lowest BCUT2D eigenvalue weighted by atomic mass is 10.2. The third-order valence-electron chi connectivity index (χ3n) is 4.99. The fraction of sp³-hybridized carbons (Fsp3) is 0.300. The van der Waals surface area contributed by atoms with Crippen molar-refractivity contribution in [1.29, 1.82) is 0 Å². The second-order valence-electron chi connectivity index (χ2n) is 7.03. The third kappa shape index (κ3) is 3.67. The maximum absolute atomic E-state index is 13.1. The number of nitrogen functional groups attached to an aromatic ring is 1. The molecule has 9 heteroatoms. The standard InChI is InChI=1S/C20H21N5O2S2/c1-10-8-15(26)22-13-6-4-5-7-14(13)25(10)16(27)9-28-20-23-18(21)17-11(2)12(3)29-19(17)24-20/h4-7,10H,8-9H2,1-3H3,(H,22,26)(H2,21,23,24)/t10-/m1/s1. The number of carbonyl (C=O) groups excluding carboxylic acids is 2. The Morgan fingerprint density at radius 3 is 2.90 bits per heavy atom. The molecule has 29 heavy (non-hydrogen) atoms. The van der Waals surface area contributed by atoms with Crippen molar-refractivity contribution in [2.24, 2.45) is 0 Å². The number of para-hydroxylation sites is 2. The molecule has 7 nitrogen and oxygen atoms in total. The number of amides is 2. The number of benzene rings is 1. The molecular weight excluding hydrogens is 406 g/mol. The Kier molecular flexibility index (Phi) is 5.18. The highest BCUT2D eigenvalue weighted by molar-refractivity contribution is 7.99. The van der Waals surface area contributed by atoms with Crippen LogP contribution in [0.2, 0.25) is 0 Å². The van der Waals surface area contributed by atoms with Gasteiger partial charge in [-0.1, -0.05) is 23.9 Å². The van der Waals surface area contributed by atoms with Crippen molar-refractivity contribution in [3.05, 3.63) is 34.7 Å². The summed E-state index contributed by atoms with van der Waals surface area (Å²) >= 11 is 2.84. The molecule has 3 N–H and O–H groups in total. The Hall–Kier alpha value is -2.65. The molecule has 0 radical (unpaired) electrons. The predicted octanol–water partition coefficient (Wildman–Crippen LogP) is 3.75. The van der Waals surface area contributed by atoms with E-state index in [4.69, 9.17) is 5.73 Å². The molecule has 0 aliphatic carbocycles. The lowest BCUT2D eigenvalue weighted by Gasteiger charge is -2.27. The summed E-state index contributed by atoms with van der Waals surface area (Å²) in [6.45, 7) is 5.92. The molecule has 3 aromatic rings. The van der Waals surface area contributed by atoms with E-state index in [0.29, 0.717) is 22.3 Å². The third-order valence-corrected chi connectivity index (χ3v) is 6.92. The molecule has 1 aromatic carbocycles. The highest BCUT2D eigenvalue weighted by Crippen LogP contribution is 2.35. The van der Waals surface area contributed by atoms with E-state index in [1.54, 1.807) is 22.3 Å². The zero-order chi connectivity index (χ0) is 20.7. The molecule has 1 aliphatic rings. The van der Waals surface area contributed by atoms with Gasteiger partial charge in [-0.05, 0) is 38.5 Å². The van der Waals surface area contributed by atoms with Gasteiger partial charge < -0.3 is 16.0 Å². The number of thioether (sulfide) groups is 1. The number of aromatic nitrogens is 2. The van der Waals surface area contributed by atoms with E-state index < -0.39 is 0 Å². The molecule has 0 unspecified atom stereocenters. The minimum atomic E-state index is -0.247. The van der Waals surface area contributed by atoms with Crippen molar-refractivity contribution >= 4 is 62.3 Å². The summed E-state index contributed by atoms with van der Waals surface area (Å²) in [6, 6.07) is 7.09. The number of nitrogens with zero attached hydrogens (tertiary/aromatic N) is 3. The number of hydrogen-bond donors (Lipinski definition) is 2. The Morgan fingerprint density at radius 2 is 2.10 bits per heavy atom. The van der Waals surface area contributed by atoms with E-state index in [0.717, 1.165) is 20.7 Å². The van der Waals surface area contributed by atoms with Gasteiger partial charge in [-0.2, -0.15) is 0 Å². The average molecular weight is 428 g/mol. The number of nitrogens with one attached hydrogen (secondary N) is 1. The van der Waals surface area contributed by atoms with E-state index in [2.05, 4.69) is 15.3 Å². The first-order valence-electron chi connectivity index (χ1n) is 9.22. The molecule has 0 fully saturated rings. The van der Waals surface area contributed by atoms with Crippen molar-refractivity contribution in [2.75, 3.05) is 21.7 Å². The summed E-state index contributed by atoms with van der Waals surface area (Å²) in [5.41, 5.74) is 8.59. The first kappa shape index (κ1) is 19.7. The number of nitrogens with two attached hydrogens (primary N) is 1. The first-order chi connectivity index (χ1) is 13.8. The smallest absolute Gasteiger partial charge is 0.237 e. The van der Waals surface area contributed by atoms with Crippen LogP contribution in [0.3, 0.4) is 0 Å². The van der Waals surface area contributed by atoms with Gasteiger partial charge in [0, 0.05) is 17.3 Å². The Balaban J connectivity index is 1.58. The summed E-state index contributed by atoms with van der Waals surface area (Å²) in [6.07, 6.45) is 0.244. The number of carbonyl (C=O) groups is 2. The molecule has 150 valence electrons. The van der Waals surface area contributed by atoms with Gasteiger partial charge in [0.2, 0.25) is 11.8 Å². The molecule has 0 bridgehead atoms. The van der Waals surface area contributed by atoms with Gasteiger partial charge >= 0.3 is 0 Å². The number of fused-ring (bicyclic) bond motifs is 2. The van der Waals surface area contributed by atoms with Crippen molar-refractivity contribution in [3.63, 3.8) is 0 Å². The molecule has 2 aromatic heterocycles. The van der Waals surface area contributed by atoms with Crippen LogP contribution in [-0.2, 0) is 9.59 Å². The first-order valence-corrected chi connectivity index (χ1v) is 11.0. The molecule has 0 saturated carbocycles. The van der Waals surface area contributed by atoms with Crippen LogP contribution < -0.4 is 16.0 Å². The fourth-order valence-electron chi connectivity index (χ4n) is 3.49. The average Bonchev–Trinajstić information content (AvgIpc) is 2.87. The zero-order valence-electron chi connectivity index (χ0n) is 16.4. The maximum atomic E-state index is 13.1. The van der Waals surface area contributed by atoms with Crippen LogP contribution in [0.15, 0.2) is 29.4 Å². The van der Waals surface area contributed by atoms with Crippen LogP contribution in [0.1, 0.15) is 23.8 Å². The second-order valence-corrected chi connectivity index (χ2v) is 9.17. The van der Waals surface area contributed by atoms with Crippen LogP contribution >= 0.6 is 23.1 Å². The highest BCUT2D eigenvalue weighted by Gasteiger charge is 2.29. The van der Waals surface area contributed by atoms with E-state index in [1.165, 1.54) is 11.8 Å². The highest BCUT2D eigenvalue weighted by atomic mass is 32.2. The van der Waals surface area contributed by atoms with Crippen molar-refractivity contribution < 1.29 is 9.59 Å². The Labute approximate surface area is 176 Å². The molecule has 4 rings (SSSR count). The van der Waals surface area contributed by atoms with Gasteiger partial charge in [-0.25, -0.2) is 9.97 Å². The SMILES string of the molecule is Cc1sc2nc(SCC(=O)N3c4ccccc4NC(=O)C[C@H]3C)nc(N)c2c1C. The molecule has 3 heterocycles. The van der Waals surface area contributed by atoms with Crippen LogP contribution in [0, 0.1) is 13.8 Å². The summed E-state index contributed by atoms with van der Waals surface area (Å²) < 4.78 is 0.